The fraction of sp³-hybridized carbons (Fsp3) is 0.417. The summed E-state index contributed by atoms with van der Waals surface area (Å²) in [6.45, 7) is 13.2. The van der Waals surface area contributed by atoms with E-state index in [1.54, 1.807) is 0 Å². The molecule has 140 valence electrons. The number of hydrogen-bond donors (Lipinski definition) is 2. The van der Waals surface area contributed by atoms with E-state index in [0.717, 1.165) is 11.4 Å². The minimum atomic E-state index is 0.310. The third-order valence-corrected chi connectivity index (χ3v) is 5.25. The average molecular weight is 351 g/mol. The third kappa shape index (κ3) is 4.49. The smallest absolute Gasteiger partial charge is 0.0352 e. The van der Waals surface area contributed by atoms with Crippen LogP contribution in [0.4, 0.5) is 11.4 Å². The molecular formula is C24H34N2. The Morgan fingerprint density at radius 2 is 1.65 bits per heavy atom. The maximum absolute atomic E-state index is 5.98. The van der Waals surface area contributed by atoms with Gasteiger partial charge in [-0.15, -0.1) is 0 Å². The van der Waals surface area contributed by atoms with Gasteiger partial charge in [0.1, 0.15) is 0 Å². The van der Waals surface area contributed by atoms with Crippen molar-refractivity contribution >= 4 is 11.4 Å². The van der Waals surface area contributed by atoms with Crippen LogP contribution in [-0.4, -0.2) is 0 Å². The van der Waals surface area contributed by atoms with Crippen LogP contribution in [0.1, 0.15) is 76.5 Å². The zero-order chi connectivity index (χ0) is 19.5. The standard InChI is InChI=1S/2C12H17N/c1-8-7-12(2,3)9-5-4-6-10(13)11(8)9;1-9(2)8-10(3)11-6-4-5-7-12(11)13/h4-6,8H,7,13H2,1-3H3;4-8,10H,13H2,1-3H3. The molecule has 2 atom stereocenters. The van der Waals surface area contributed by atoms with Crippen molar-refractivity contribution in [2.45, 2.75) is 65.2 Å². The summed E-state index contributed by atoms with van der Waals surface area (Å²) in [6.07, 6.45) is 3.45. The van der Waals surface area contributed by atoms with Crippen LogP contribution in [0.5, 0.6) is 0 Å². The van der Waals surface area contributed by atoms with Gasteiger partial charge in [0.25, 0.3) is 0 Å². The van der Waals surface area contributed by atoms with Crippen LogP contribution >= 0.6 is 0 Å². The van der Waals surface area contributed by atoms with Crippen LogP contribution in [0.2, 0.25) is 0 Å². The van der Waals surface area contributed by atoms with Gasteiger partial charge >= 0.3 is 0 Å². The lowest BCUT2D eigenvalue weighted by molar-refractivity contribution is 0.489. The van der Waals surface area contributed by atoms with Gasteiger partial charge in [0, 0.05) is 17.3 Å². The third-order valence-electron chi connectivity index (χ3n) is 5.25. The number of nitrogen functional groups attached to an aromatic ring is 2. The Balaban J connectivity index is 0.000000187. The van der Waals surface area contributed by atoms with Crippen molar-refractivity contribution in [2.24, 2.45) is 0 Å². The van der Waals surface area contributed by atoms with Crippen LogP contribution in [-0.2, 0) is 5.41 Å². The molecule has 0 radical (unpaired) electrons. The average Bonchev–Trinajstić information content (AvgIpc) is 2.78. The molecule has 2 heteroatoms. The first-order valence-electron chi connectivity index (χ1n) is 9.51. The molecule has 0 heterocycles. The summed E-state index contributed by atoms with van der Waals surface area (Å²) in [7, 11) is 0. The SMILES string of the molecule is CC(C)=CC(C)c1ccccc1N.CC1CC(C)(C)c2cccc(N)c21. The van der Waals surface area contributed by atoms with E-state index in [-0.39, 0.29) is 0 Å². The van der Waals surface area contributed by atoms with E-state index < -0.39 is 0 Å². The van der Waals surface area contributed by atoms with Crippen LogP contribution in [0, 0.1) is 0 Å². The first-order valence-corrected chi connectivity index (χ1v) is 9.51. The summed E-state index contributed by atoms with van der Waals surface area (Å²) in [5.41, 5.74) is 19.4. The molecule has 1 aliphatic rings. The lowest BCUT2D eigenvalue weighted by Crippen LogP contribution is -2.11. The maximum atomic E-state index is 5.98. The van der Waals surface area contributed by atoms with Gasteiger partial charge in [-0.1, -0.05) is 69.7 Å². The van der Waals surface area contributed by atoms with E-state index in [1.807, 2.05) is 24.3 Å². The molecule has 2 nitrogen and oxygen atoms in total. The number of nitrogens with two attached hydrogens (primary N) is 2. The summed E-state index contributed by atoms with van der Waals surface area (Å²) in [4.78, 5) is 0. The van der Waals surface area contributed by atoms with Crippen LogP contribution in [0.25, 0.3) is 0 Å². The van der Waals surface area contributed by atoms with Gasteiger partial charge in [0.15, 0.2) is 0 Å². The molecule has 26 heavy (non-hydrogen) atoms. The highest BCUT2D eigenvalue weighted by Gasteiger charge is 2.35. The molecule has 0 spiro atoms. The van der Waals surface area contributed by atoms with Crippen molar-refractivity contribution in [3.05, 3.63) is 70.8 Å². The number of rotatable bonds is 2. The van der Waals surface area contributed by atoms with Gasteiger partial charge in [-0.2, -0.15) is 0 Å². The molecule has 0 saturated carbocycles. The van der Waals surface area contributed by atoms with Crippen LogP contribution in [0.3, 0.4) is 0 Å². The molecule has 0 bridgehead atoms. The topological polar surface area (TPSA) is 52.0 Å². The summed E-state index contributed by atoms with van der Waals surface area (Å²) in [6, 6.07) is 14.3. The minimum absolute atomic E-state index is 0.310. The molecule has 2 aromatic carbocycles. The predicted octanol–water partition coefficient (Wildman–Crippen LogP) is 6.39. The van der Waals surface area contributed by atoms with Crippen LogP contribution in [0.15, 0.2) is 54.1 Å². The van der Waals surface area contributed by atoms with Crippen molar-refractivity contribution in [3.63, 3.8) is 0 Å². The summed E-state index contributed by atoms with van der Waals surface area (Å²) in [5.74, 6) is 1.03. The first kappa shape index (κ1) is 20.1. The second kappa shape index (κ2) is 7.99. The number of fused-ring (bicyclic) bond motifs is 1. The molecule has 0 saturated heterocycles. The maximum Gasteiger partial charge on any atom is 0.0352 e. The number of anilines is 2. The molecule has 2 aromatic rings. The quantitative estimate of drug-likeness (QED) is 0.487. The highest BCUT2D eigenvalue weighted by atomic mass is 14.6. The Morgan fingerprint density at radius 3 is 2.23 bits per heavy atom. The van der Waals surface area contributed by atoms with Gasteiger partial charge in [0.05, 0.1) is 0 Å². The van der Waals surface area contributed by atoms with Crippen molar-refractivity contribution in [1.82, 2.24) is 0 Å². The zero-order valence-electron chi connectivity index (χ0n) is 17.1. The van der Waals surface area contributed by atoms with E-state index in [1.165, 1.54) is 28.7 Å². The van der Waals surface area contributed by atoms with E-state index in [0.29, 0.717) is 17.3 Å². The molecule has 2 unspecified atom stereocenters. The van der Waals surface area contributed by atoms with Gasteiger partial charge in [-0.05, 0) is 60.4 Å². The Morgan fingerprint density at radius 1 is 1.04 bits per heavy atom. The Labute approximate surface area is 159 Å². The normalized spacial score (nSPS) is 18.3. The lowest BCUT2D eigenvalue weighted by Gasteiger charge is -2.18. The molecule has 4 N–H and O–H groups in total. The Bertz CT molecular complexity index is 783. The highest BCUT2D eigenvalue weighted by molar-refractivity contribution is 5.57. The van der Waals surface area contributed by atoms with Gasteiger partial charge in [-0.25, -0.2) is 0 Å². The van der Waals surface area contributed by atoms with E-state index in [4.69, 9.17) is 11.5 Å². The highest BCUT2D eigenvalue weighted by Crippen LogP contribution is 2.47. The lowest BCUT2D eigenvalue weighted by atomic mass is 9.86. The Hall–Kier alpha value is -2.22. The summed E-state index contributed by atoms with van der Waals surface area (Å²) >= 11 is 0. The molecule has 3 rings (SSSR count). The minimum Gasteiger partial charge on any atom is -0.398 e. The monoisotopic (exact) mass is 350 g/mol. The van der Waals surface area contributed by atoms with Gasteiger partial charge in [-0.3, -0.25) is 0 Å². The van der Waals surface area contributed by atoms with Gasteiger partial charge < -0.3 is 11.5 Å². The van der Waals surface area contributed by atoms with E-state index in [2.05, 4.69) is 65.8 Å². The number of hydrogen-bond acceptors (Lipinski definition) is 2. The van der Waals surface area contributed by atoms with Gasteiger partial charge in [0.2, 0.25) is 0 Å². The van der Waals surface area contributed by atoms with E-state index in [9.17, 15) is 0 Å². The van der Waals surface area contributed by atoms with Crippen molar-refractivity contribution in [2.75, 3.05) is 11.5 Å². The molecule has 1 aliphatic carbocycles. The molecular weight excluding hydrogens is 316 g/mol. The Kier molecular flexibility index (Phi) is 6.17. The first-order chi connectivity index (χ1) is 12.1. The zero-order valence-corrected chi connectivity index (χ0v) is 17.1. The molecule has 0 amide bonds. The van der Waals surface area contributed by atoms with Crippen LogP contribution < -0.4 is 11.5 Å². The molecule has 0 aliphatic heterocycles. The number of allylic oxidation sites excluding steroid dienone is 2. The fourth-order valence-electron chi connectivity index (χ4n) is 4.22. The van der Waals surface area contributed by atoms with Crippen molar-refractivity contribution in [3.8, 4) is 0 Å². The number of para-hydroxylation sites is 1. The molecule has 0 fully saturated rings. The second-order valence-corrected chi connectivity index (χ2v) is 8.46. The largest absolute Gasteiger partial charge is 0.398 e. The van der Waals surface area contributed by atoms with Crippen molar-refractivity contribution < 1.29 is 0 Å². The predicted molar refractivity (Wildman–Crippen MR) is 116 cm³/mol. The summed E-state index contributed by atoms with van der Waals surface area (Å²) in [5, 5.41) is 0. The second-order valence-electron chi connectivity index (χ2n) is 8.46. The summed E-state index contributed by atoms with van der Waals surface area (Å²) < 4.78 is 0. The number of benzene rings is 2. The fourth-order valence-corrected chi connectivity index (χ4v) is 4.22. The molecule has 0 aromatic heterocycles. The van der Waals surface area contributed by atoms with Crippen molar-refractivity contribution in [1.29, 1.82) is 0 Å². The van der Waals surface area contributed by atoms with E-state index >= 15 is 0 Å².